The van der Waals surface area contributed by atoms with Gasteiger partial charge in [-0.05, 0) is 61.7 Å². The smallest absolute Gasteiger partial charge is 0.404 e. The number of carbonyl (C=O) groups is 1. The van der Waals surface area contributed by atoms with Crippen molar-refractivity contribution in [1.82, 2.24) is 19.9 Å². The average molecular weight is 798 g/mol. The van der Waals surface area contributed by atoms with Crippen molar-refractivity contribution in [3.8, 4) is 11.3 Å². The van der Waals surface area contributed by atoms with Gasteiger partial charge < -0.3 is 39.0 Å². The first-order valence-electron chi connectivity index (χ1n) is 18.7. The van der Waals surface area contributed by atoms with Crippen LogP contribution < -0.4 is 19.4 Å². The van der Waals surface area contributed by atoms with E-state index in [4.69, 9.17) is 14.2 Å². The highest BCUT2D eigenvalue weighted by molar-refractivity contribution is 7.93. The van der Waals surface area contributed by atoms with Crippen LogP contribution in [-0.4, -0.2) is 108 Å². The minimum absolute atomic E-state index is 0.143. The second-order valence-corrected chi connectivity index (χ2v) is 23.1. The number of anilines is 3. The van der Waals surface area contributed by atoms with E-state index in [2.05, 4.69) is 39.8 Å². The summed E-state index contributed by atoms with van der Waals surface area (Å²) in [4.78, 5) is 24.7. The van der Waals surface area contributed by atoms with Crippen LogP contribution in [0.5, 0.6) is 0 Å². The standard InChI is InChI=1S/C38H52FN7O7SSi/c1-27(28-8-6-10-31(20-28)44-13-7-9-30(23-44)42-38(47)48)54(49,50)46(26-51-2)34-12-11-29(21-33(34)39)35-22-32-36(43-14-16-52-17-15-43)40-24-41-37(32)45(35)25-53-18-19-55(3,4)5/h6,8,10-12,20-22,24,27,30,42H,7,9,13-19,23,25-26H2,1-5H3,(H,47,48)/t27?,30-/m1/s1. The Morgan fingerprint density at radius 2 is 1.89 bits per heavy atom. The molecule has 0 spiro atoms. The second kappa shape index (κ2) is 17.2. The number of hydrogen-bond donors (Lipinski definition) is 2. The zero-order valence-corrected chi connectivity index (χ0v) is 34.0. The number of amides is 1. The van der Waals surface area contributed by atoms with Crippen molar-refractivity contribution in [1.29, 1.82) is 0 Å². The summed E-state index contributed by atoms with van der Waals surface area (Å²) < 4.78 is 65.0. The molecule has 0 bridgehead atoms. The fraction of sp³-hybridized carbons (Fsp3) is 0.500. The summed E-state index contributed by atoms with van der Waals surface area (Å²) in [6.07, 6.45) is 1.97. The topological polar surface area (TPSA) is 152 Å². The molecule has 2 aromatic carbocycles. The van der Waals surface area contributed by atoms with Crippen molar-refractivity contribution in [2.75, 3.05) is 73.9 Å². The average Bonchev–Trinajstić information content (AvgIpc) is 3.54. The van der Waals surface area contributed by atoms with Gasteiger partial charge in [0.15, 0.2) is 0 Å². The first-order valence-corrected chi connectivity index (χ1v) is 23.9. The summed E-state index contributed by atoms with van der Waals surface area (Å²) in [5.41, 5.74) is 2.99. The third-order valence-corrected chi connectivity index (χ3v) is 13.9. The van der Waals surface area contributed by atoms with E-state index in [1.807, 2.05) is 21.6 Å². The Morgan fingerprint density at radius 1 is 1.11 bits per heavy atom. The molecule has 2 fully saturated rings. The lowest BCUT2D eigenvalue weighted by atomic mass is 10.0. The number of nitrogens with one attached hydrogen (secondary N) is 1. The van der Waals surface area contributed by atoms with Crippen molar-refractivity contribution >= 4 is 52.4 Å². The minimum Gasteiger partial charge on any atom is -0.465 e. The van der Waals surface area contributed by atoms with Crippen LogP contribution in [0.15, 0.2) is 54.9 Å². The number of methoxy groups -OCH3 is 1. The number of nitrogens with zero attached hydrogens (tertiary/aromatic N) is 6. The summed E-state index contributed by atoms with van der Waals surface area (Å²) >= 11 is 0. The van der Waals surface area contributed by atoms with Crippen molar-refractivity contribution in [2.24, 2.45) is 0 Å². The van der Waals surface area contributed by atoms with Gasteiger partial charge in [-0.3, -0.25) is 0 Å². The number of aromatic nitrogens is 3. The Morgan fingerprint density at radius 3 is 2.60 bits per heavy atom. The largest absolute Gasteiger partial charge is 0.465 e. The maximum atomic E-state index is 16.4. The highest BCUT2D eigenvalue weighted by Crippen LogP contribution is 2.37. The predicted octanol–water partition coefficient (Wildman–Crippen LogP) is 6.12. The van der Waals surface area contributed by atoms with E-state index < -0.39 is 42.0 Å². The molecule has 55 heavy (non-hydrogen) atoms. The molecular formula is C38H52FN7O7SSi. The number of rotatable bonds is 15. The summed E-state index contributed by atoms with van der Waals surface area (Å²) in [6.45, 7) is 12.5. The van der Waals surface area contributed by atoms with Gasteiger partial charge in [-0.1, -0.05) is 37.8 Å². The molecule has 4 heterocycles. The maximum Gasteiger partial charge on any atom is 0.404 e. The molecule has 17 heteroatoms. The molecule has 2 N–H and O–H groups in total. The van der Waals surface area contributed by atoms with Crippen LogP contribution in [0.25, 0.3) is 22.3 Å². The Kier molecular flexibility index (Phi) is 12.7. The van der Waals surface area contributed by atoms with Crippen molar-refractivity contribution in [3.05, 3.63) is 66.2 Å². The lowest BCUT2D eigenvalue weighted by Crippen LogP contribution is -2.47. The minimum atomic E-state index is -4.21. The molecule has 0 saturated carbocycles. The number of carboxylic acid groups (broad SMARTS) is 1. The van der Waals surface area contributed by atoms with Crippen molar-refractivity contribution in [2.45, 2.75) is 63.5 Å². The van der Waals surface area contributed by atoms with Crippen LogP contribution >= 0.6 is 0 Å². The van der Waals surface area contributed by atoms with Gasteiger partial charge in [0, 0.05) is 65.3 Å². The van der Waals surface area contributed by atoms with Crippen LogP contribution in [0, 0.1) is 5.82 Å². The highest BCUT2D eigenvalue weighted by atomic mass is 32.2. The van der Waals surface area contributed by atoms with Gasteiger partial charge >= 0.3 is 6.09 Å². The zero-order valence-electron chi connectivity index (χ0n) is 32.2. The third-order valence-electron chi connectivity index (χ3n) is 10.2. The van der Waals surface area contributed by atoms with Crippen LogP contribution in [0.3, 0.4) is 0 Å². The molecule has 0 aliphatic carbocycles. The Hall–Kier alpha value is -4.29. The number of piperidine rings is 1. The number of benzene rings is 2. The number of sulfonamides is 1. The van der Waals surface area contributed by atoms with E-state index in [1.165, 1.54) is 25.6 Å². The highest BCUT2D eigenvalue weighted by Gasteiger charge is 2.33. The van der Waals surface area contributed by atoms with Gasteiger partial charge in [0.2, 0.25) is 10.0 Å². The lowest BCUT2D eigenvalue weighted by Gasteiger charge is -2.34. The first-order chi connectivity index (χ1) is 26.3. The summed E-state index contributed by atoms with van der Waals surface area (Å²) in [5, 5.41) is 11.5. The van der Waals surface area contributed by atoms with Gasteiger partial charge in [0.1, 0.15) is 42.3 Å². The van der Waals surface area contributed by atoms with Gasteiger partial charge in [-0.25, -0.2) is 31.9 Å². The molecule has 14 nitrogen and oxygen atoms in total. The second-order valence-electron chi connectivity index (χ2n) is 15.3. The Balaban J connectivity index is 1.31. The number of ether oxygens (including phenoxy) is 3. The fourth-order valence-electron chi connectivity index (χ4n) is 7.09. The zero-order chi connectivity index (χ0) is 39.3. The monoisotopic (exact) mass is 797 g/mol. The van der Waals surface area contributed by atoms with Gasteiger partial charge in [0.05, 0.1) is 30.0 Å². The molecule has 4 aromatic rings. The van der Waals surface area contributed by atoms with Crippen molar-refractivity contribution in [3.63, 3.8) is 0 Å². The number of hydrogen-bond acceptors (Lipinski definition) is 10. The molecule has 2 atom stereocenters. The quantitative estimate of drug-likeness (QED) is 0.0813. The Labute approximate surface area is 323 Å². The van der Waals surface area contributed by atoms with Crippen LogP contribution in [0.2, 0.25) is 25.7 Å². The van der Waals surface area contributed by atoms with Gasteiger partial charge in [-0.15, -0.1) is 0 Å². The molecule has 298 valence electrons. The molecule has 1 unspecified atom stereocenters. The van der Waals surface area contributed by atoms with Gasteiger partial charge in [0.25, 0.3) is 0 Å². The van der Waals surface area contributed by atoms with Crippen LogP contribution in [-0.2, 0) is 31.0 Å². The molecule has 2 aliphatic heterocycles. The number of morpholine rings is 1. The number of halogens is 1. The summed E-state index contributed by atoms with van der Waals surface area (Å²) in [7, 11) is -4.20. The molecule has 0 radical (unpaired) electrons. The van der Waals surface area contributed by atoms with Gasteiger partial charge in [-0.2, -0.15) is 0 Å². The first kappa shape index (κ1) is 40.4. The van der Waals surface area contributed by atoms with E-state index in [0.717, 1.165) is 40.1 Å². The van der Waals surface area contributed by atoms with Crippen LogP contribution in [0.4, 0.5) is 26.4 Å². The lowest BCUT2D eigenvalue weighted by molar-refractivity contribution is 0.0909. The van der Waals surface area contributed by atoms with E-state index >= 15 is 4.39 Å². The summed E-state index contributed by atoms with van der Waals surface area (Å²) in [6, 6.07) is 14.4. The van der Waals surface area contributed by atoms with E-state index in [-0.39, 0.29) is 18.5 Å². The number of fused-ring (bicyclic) bond motifs is 1. The predicted molar refractivity (Wildman–Crippen MR) is 215 cm³/mol. The maximum absolute atomic E-state index is 16.4. The van der Waals surface area contributed by atoms with E-state index in [9.17, 15) is 18.3 Å². The third kappa shape index (κ3) is 9.40. The molecule has 2 aliphatic rings. The molecule has 2 saturated heterocycles. The summed E-state index contributed by atoms with van der Waals surface area (Å²) in [5.74, 6) is 0.0280. The van der Waals surface area contributed by atoms with Crippen molar-refractivity contribution < 1.29 is 36.9 Å². The van der Waals surface area contributed by atoms with Crippen LogP contribution in [0.1, 0.15) is 30.6 Å². The molecule has 6 rings (SSSR count). The Bertz CT molecular complexity index is 2070. The molecule has 2 aromatic heterocycles. The SMILES string of the molecule is COCN(c1ccc(-c2cc3c(N4CCOCC4)ncnc3n2COCC[Si](C)(C)C)cc1F)S(=O)(=O)C(C)c1cccc(N2CCC[C@@H](NC(=O)O)C2)c1. The van der Waals surface area contributed by atoms with E-state index in [0.29, 0.717) is 68.5 Å². The molecular weight excluding hydrogens is 746 g/mol. The molecule has 1 amide bonds. The fourth-order valence-corrected chi connectivity index (χ4v) is 9.39. The normalized spacial score (nSPS) is 17.4. The van der Waals surface area contributed by atoms with E-state index in [1.54, 1.807) is 31.2 Å².